The van der Waals surface area contributed by atoms with Gasteiger partial charge >= 0.3 is 0 Å². The van der Waals surface area contributed by atoms with Crippen molar-refractivity contribution in [2.45, 2.75) is 38.3 Å². The summed E-state index contributed by atoms with van der Waals surface area (Å²) in [5.74, 6) is 1.69. The molecule has 3 aromatic heterocycles. The highest BCUT2D eigenvalue weighted by molar-refractivity contribution is 7.23. The molecular formula is C29H32N6OS2. The highest BCUT2D eigenvalue weighted by Crippen LogP contribution is 2.45. The second-order valence-corrected chi connectivity index (χ2v) is 12.8. The lowest BCUT2D eigenvalue weighted by molar-refractivity contribution is -0.116. The van der Waals surface area contributed by atoms with Crippen LogP contribution in [0.25, 0.3) is 31.9 Å². The average Bonchev–Trinajstić information content (AvgIpc) is 3.70. The van der Waals surface area contributed by atoms with Crippen molar-refractivity contribution >= 4 is 43.8 Å². The van der Waals surface area contributed by atoms with Gasteiger partial charge in [0.15, 0.2) is 0 Å². The Hall–Kier alpha value is -2.69. The molecule has 2 unspecified atom stereocenters. The van der Waals surface area contributed by atoms with Crippen molar-refractivity contribution in [2.75, 3.05) is 31.5 Å². The molecule has 5 heterocycles. The second-order valence-electron chi connectivity index (χ2n) is 10.7. The smallest absolute Gasteiger partial charge is 0.226 e. The van der Waals surface area contributed by atoms with Gasteiger partial charge in [0.25, 0.3) is 0 Å². The zero-order valence-electron chi connectivity index (χ0n) is 21.3. The van der Waals surface area contributed by atoms with Crippen molar-refractivity contribution in [3.8, 4) is 21.7 Å². The van der Waals surface area contributed by atoms with E-state index in [1.807, 2.05) is 24.5 Å². The molecule has 0 spiro atoms. The minimum absolute atomic E-state index is 0.0752. The molecule has 1 aromatic carbocycles. The molecule has 1 saturated carbocycles. The number of carbonyl (C=O) groups is 1. The summed E-state index contributed by atoms with van der Waals surface area (Å²) < 4.78 is 1.16. The number of benzene rings is 1. The molecule has 7 rings (SSSR count). The molecule has 2 atom stereocenters. The van der Waals surface area contributed by atoms with Crippen molar-refractivity contribution in [2.24, 2.45) is 11.8 Å². The lowest BCUT2D eigenvalue weighted by atomic mass is 10.0. The number of amides is 1. The van der Waals surface area contributed by atoms with E-state index in [1.165, 1.54) is 23.3 Å². The highest BCUT2D eigenvalue weighted by atomic mass is 32.1. The molecular weight excluding hydrogens is 512 g/mol. The Bertz CT molecular complexity index is 1450. The molecule has 4 aromatic rings. The van der Waals surface area contributed by atoms with Crippen molar-refractivity contribution in [1.29, 1.82) is 0 Å². The van der Waals surface area contributed by atoms with Gasteiger partial charge in [0.05, 0.1) is 10.2 Å². The molecule has 1 amide bonds. The zero-order valence-corrected chi connectivity index (χ0v) is 22.9. The number of rotatable bonds is 7. The number of nitrogens with zero attached hydrogens (tertiary/aromatic N) is 2. The van der Waals surface area contributed by atoms with Crippen LogP contribution in [-0.2, 0) is 17.8 Å². The predicted molar refractivity (Wildman–Crippen MR) is 156 cm³/mol. The third-order valence-corrected chi connectivity index (χ3v) is 10.4. The molecule has 2 aliphatic heterocycles. The van der Waals surface area contributed by atoms with E-state index in [9.17, 15) is 4.79 Å². The normalized spacial score (nSPS) is 22.5. The third-order valence-electron chi connectivity index (χ3n) is 8.24. The van der Waals surface area contributed by atoms with Gasteiger partial charge in [-0.3, -0.25) is 9.78 Å². The molecule has 196 valence electrons. The second kappa shape index (κ2) is 10.5. The van der Waals surface area contributed by atoms with E-state index >= 15 is 0 Å². The van der Waals surface area contributed by atoms with Crippen LogP contribution in [0.1, 0.15) is 29.7 Å². The quantitative estimate of drug-likeness (QED) is 0.271. The molecule has 9 heteroatoms. The Kier molecular flexibility index (Phi) is 6.71. The largest absolute Gasteiger partial charge is 0.317 e. The van der Waals surface area contributed by atoms with Gasteiger partial charge in [-0.15, -0.1) is 22.7 Å². The van der Waals surface area contributed by atoms with Crippen molar-refractivity contribution in [1.82, 2.24) is 25.9 Å². The minimum atomic E-state index is 0.0752. The van der Waals surface area contributed by atoms with Crippen LogP contribution in [0, 0.1) is 11.8 Å². The van der Waals surface area contributed by atoms with E-state index < -0.39 is 0 Å². The third kappa shape index (κ3) is 4.78. The number of pyridine rings is 1. The summed E-state index contributed by atoms with van der Waals surface area (Å²) >= 11 is 3.41. The number of hydrogen-bond donors (Lipinski definition) is 4. The van der Waals surface area contributed by atoms with E-state index in [2.05, 4.69) is 44.5 Å². The monoisotopic (exact) mass is 544 g/mol. The Morgan fingerprint density at radius 3 is 2.71 bits per heavy atom. The lowest BCUT2D eigenvalue weighted by Crippen LogP contribution is -2.31. The molecule has 38 heavy (non-hydrogen) atoms. The number of thiazole rings is 1. The molecule has 1 saturated heterocycles. The van der Waals surface area contributed by atoms with E-state index in [1.54, 1.807) is 22.7 Å². The van der Waals surface area contributed by atoms with E-state index in [-0.39, 0.29) is 5.91 Å². The summed E-state index contributed by atoms with van der Waals surface area (Å²) in [5, 5.41) is 15.8. The fraction of sp³-hybridized carbons (Fsp3) is 0.414. The van der Waals surface area contributed by atoms with Gasteiger partial charge in [0.2, 0.25) is 5.91 Å². The Morgan fingerprint density at radius 2 is 1.87 bits per heavy atom. The first-order chi connectivity index (χ1) is 18.7. The van der Waals surface area contributed by atoms with Crippen LogP contribution in [0.4, 0.5) is 5.00 Å². The Labute approximate surface area is 230 Å². The lowest BCUT2D eigenvalue weighted by Gasteiger charge is -2.14. The van der Waals surface area contributed by atoms with E-state index in [4.69, 9.17) is 4.98 Å². The average molecular weight is 545 g/mol. The minimum Gasteiger partial charge on any atom is -0.317 e. The fourth-order valence-electron chi connectivity index (χ4n) is 6.32. The van der Waals surface area contributed by atoms with Crippen molar-refractivity contribution in [3.63, 3.8) is 0 Å². The maximum absolute atomic E-state index is 13.1. The summed E-state index contributed by atoms with van der Waals surface area (Å²) in [6.45, 7) is 4.83. The molecule has 1 aliphatic carbocycles. The molecule has 0 bridgehead atoms. The summed E-state index contributed by atoms with van der Waals surface area (Å²) in [5.41, 5.74) is 5.72. The van der Waals surface area contributed by atoms with Gasteiger partial charge in [-0.05, 0) is 91.7 Å². The number of fused-ring (bicyclic) bond motifs is 3. The Balaban J connectivity index is 1.10. The van der Waals surface area contributed by atoms with Gasteiger partial charge in [0, 0.05) is 48.4 Å². The van der Waals surface area contributed by atoms with E-state index in [0.717, 1.165) is 87.9 Å². The van der Waals surface area contributed by atoms with Crippen LogP contribution in [0.3, 0.4) is 0 Å². The molecule has 0 radical (unpaired) electrons. The maximum Gasteiger partial charge on any atom is 0.226 e. The fourth-order valence-corrected chi connectivity index (χ4v) is 8.64. The molecule has 4 N–H and O–H groups in total. The number of hydrogen-bond acceptors (Lipinski definition) is 8. The number of thiophene rings is 1. The van der Waals surface area contributed by atoms with Crippen molar-refractivity contribution in [3.05, 3.63) is 53.2 Å². The Morgan fingerprint density at radius 1 is 1.03 bits per heavy atom. The van der Waals surface area contributed by atoms with Crippen LogP contribution in [0.5, 0.6) is 0 Å². The molecule has 3 aliphatic rings. The van der Waals surface area contributed by atoms with Gasteiger partial charge in [-0.25, -0.2) is 4.98 Å². The first-order valence-electron chi connectivity index (χ1n) is 13.6. The van der Waals surface area contributed by atoms with Gasteiger partial charge in [0.1, 0.15) is 10.0 Å². The van der Waals surface area contributed by atoms with Crippen LogP contribution >= 0.6 is 22.7 Å². The number of anilines is 1. The maximum atomic E-state index is 13.1. The van der Waals surface area contributed by atoms with E-state index in [0.29, 0.717) is 12.5 Å². The van der Waals surface area contributed by atoms with Crippen LogP contribution in [0.15, 0.2) is 42.7 Å². The topological polar surface area (TPSA) is 91.0 Å². The summed E-state index contributed by atoms with van der Waals surface area (Å²) in [6.07, 6.45) is 7.54. The van der Waals surface area contributed by atoms with Gasteiger partial charge in [-0.2, -0.15) is 0 Å². The number of nitrogens with one attached hydrogen (secondary N) is 4. The van der Waals surface area contributed by atoms with Gasteiger partial charge < -0.3 is 21.3 Å². The first kappa shape index (κ1) is 24.4. The molecule has 2 fully saturated rings. The number of aromatic nitrogens is 2. The first-order valence-corrected chi connectivity index (χ1v) is 15.2. The highest BCUT2D eigenvalue weighted by Gasteiger charge is 2.36. The number of carbonyl (C=O) groups excluding carboxylic acids is 1. The standard InChI is InChI=1S/C29H32N6OS2/c36-26(6-10-33-21-11-19-14-32-15-20(19)12-21)35-29-27(22-5-9-31-16-25(22)38-29)28-34-23-13-18(1-2-24(23)37-28)17-3-7-30-8-4-17/h1-4,7-8,13,19-21,31-33H,5-6,9-12,14-16H2,(H,35,36). The SMILES string of the molecule is O=C(CCNC1CC2CNCC2C1)Nc1sc2c(c1-c1nc3cc(-c4ccncc4)ccc3s1)CCNC2. The van der Waals surface area contributed by atoms with Crippen LogP contribution < -0.4 is 21.3 Å². The van der Waals surface area contributed by atoms with Crippen molar-refractivity contribution < 1.29 is 4.79 Å². The molecule has 7 nitrogen and oxygen atoms in total. The predicted octanol–water partition coefficient (Wildman–Crippen LogP) is 4.65. The summed E-state index contributed by atoms with van der Waals surface area (Å²) in [6, 6.07) is 11.1. The van der Waals surface area contributed by atoms with Crippen LogP contribution in [-0.4, -0.2) is 48.1 Å². The van der Waals surface area contributed by atoms with Crippen LogP contribution in [0.2, 0.25) is 0 Å². The summed E-state index contributed by atoms with van der Waals surface area (Å²) in [7, 11) is 0. The van der Waals surface area contributed by atoms with Gasteiger partial charge in [-0.1, -0.05) is 6.07 Å². The summed E-state index contributed by atoms with van der Waals surface area (Å²) in [4.78, 5) is 23.6. The zero-order chi connectivity index (χ0) is 25.5.